The molecule has 0 unspecified atom stereocenters. The molecule has 0 spiro atoms. The highest BCUT2D eigenvalue weighted by atomic mass is 19.1. The Bertz CT molecular complexity index is 574. The summed E-state index contributed by atoms with van der Waals surface area (Å²) < 4.78 is 13.1. The molecule has 4 N–H and O–H groups in total. The summed E-state index contributed by atoms with van der Waals surface area (Å²) >= 11 is 0. The van der Waals surface area contributed by atoms with Crippen LogP contribution in [-0.4, -0.2) is 0 Å². The number of nitrogens with two attached hydrogens (primary N) is 2. The van der Waals surface area contributed by atoms with Crippen molar-refractivity contribution in [3.63, 3.8) is 0 Å². The smallest absolute Gasteiger partial charge is 0.123 e. The lowest BCUT2D eigenvalue weighted by molar-refractivity contribution is 0.630. The summed E-state index contributed by atoms with van der Waals surface area (Å²) in [6, 6.07) is 10.2. The van der Waals surface area contributed by atoms with E-state index in [-0.39, 0.29) is 5.82 Å². The summed E-state index contributed by atoms with van der Waals surface area (Å²) in [4.78, 5) is 0. The number of fused-ring (bicyclic) bond motifs is 1. The Labute approximate surface area is 99.1 Å². The molecule has 2 aromatic carbocycles. The normalized spacial score (nSPS) is 11.8. The first-order valence-electron chi connectivity index (χ1n) is 5.23. The molecule has 0 radical (unpaired) electrons. The fourth-order valence-electron chi connectivity index (χ4n) is 1.66. The molecule has 0 amide bonds. The molecule has 0 fully saturated rings. The summed E-state index contributed by atoms with van der Waals surface area (Å²) in [5.41, 5.74) is 6.91. The van der Waals surface area contributed by atoms with Crippen LogP contribution in [0.4, 0.5) is 10.1 Å². The van der Waals surface area contributed by atoms with Crippen LogP contribution in [0.5, 0.6) is 0 Å². The van der Waals surface area contributed by atoms with Gasteiger partial charge in [0.05, 0.1) is 5.69 Å². The summed E-state index contributed by atoms with van der Waals surface area (Å²) in [5.74, 6) is 5.55. The summed E-state index contributed by atoms with van der Waals surface area (Å²) in [6.45, 7) is 1.75. The lowest BCUT2D eigenvalue weighted by atomic mass is 10.1. The van der Waals surface area contributed by atoms with Gasteiger partial charge in [0.2, 0.25) is 0 Å². The molecule has 0 atom stereocenters. The second-order valence-corrected chi connectivity index (χ2v) is 3.96. The zero-order chi connectivity index (χ0) is 12.4. The van der Waals surface area contributed by atoms with Gasteiger partial charge in [-0.25, -0.2) is 10.2 Å². The van der Waals surface area contributed by atoms with Crippen molar-refractivity contribution in [2.45, 2.75) is 6.92 Å². The van der Waals surface area contributed by atoms with Gasteiger partial charge in [0, 0.05) is 11.9 Å². The summed E-state index contributed by atoms with van der Waals surface area (Å²) in [7, 11) is 0. The maximum Gasteiger partial charge on any atom is 0.123 e. The molecular formula is C13H14FN3. The van der Waals surface area contributed by atoms with Gasteiger partial charge >= 0.3 is 0 Å². The average molecular weight is 231 g/mol. The zero-order valence-electron chi connectivity index (χ0n) is 9.52. The highest BCUT2D eigenvalue weighted by molar-refractivity contribution is 5.86. The van der Waals surface area contributed by atoms with Crippen molar-refractivity contribution in [2.75, 3.05) is 5.01 Å². The van der Waals surface area contributed by atoms with Crippen molar-refractivity contribution in [2.24, 2.45) is 11.6 Å². The summed E-state index contributed by atoms with van der Waals surface area (Å²) in [6.07, 6.45) is 1.61. The molecule has 0 aliphatic carbocycles. The first kappa shape index (κ1) is 11.4. The number of hydrogen-bond donors (Lipinski definition) is 2. The van der Waals surface area contributed by atoms with Gasteiger partial charge in [0.1, 0.15) is 5.82 Å². The number of hydrazine groups is 1. The van der Waals surface area contributed by atoms with Crippen LogP contribution >= 0.6 is 0 Å². The zero-order valence-corrected chi connectivity index (χ0v) is 9.52. The van der Waals surface area contributed by atoms with E-state index in [2.05, 4.69) is 0 Å². The van der Waals surface area contributed by atoms with Crippen LogP contribution < -0.4 is 16.6 Å². The van der Waals surface area contributed by atoms with Crippen molar-refractivity contribution < 1.29 is 4.39 Å². The number of rotatable bonds is 2. The minimum absolute atomic E-state index is 0.260. The quantitative estimate of drug-likeness (QED) is 0.616. The van der Waals surface area contributed by atoms with Crippen LogP contribution in [0.25, 0.3) is 10.8 Å². The fraction of sp³-hybridized carbons (Fsp3) is 0.0769. The van der Waals surface area contributed by atoms with E-state index < -0.39 is 0 Å². The van der Waals surface area contributed by atoms with Crippen LogP contribution in [0.15, 0.2) is 48.3 Å². The Kier molecular flexibility index (Phi) is 2.97. The predicted molar refractivity (Wildman–Crippen MR) is 68.5 cm³/mol. The number of allylic oxidation sites excluding steroid dienone is 1. The van der Waals surface area contributed by atoms with Gasteiger partial charge in [-0.2, -0.15) is 0 Å². The average Bonchev–Trinajstić information content (AvgIpc) is 2.27. The molecule has 0 aromatic heterocycles. The van der Waals surface area contributed by atoms with Crippen LogP contribution in [0.3, 0.4) is 0 Å². The maximum absolute atomic E-state index is 13.1. The third-order valence-electron chi connectivity index (χ3n) is 2.43. The molecule has 0 heterocycles. The molecule has 0 aliphatic heterocycles. The highest BCUT2D eigenvalue weighted by Crippen LogP contribution is 2.21. The fourth-order valence-corrected chi connectivity index (χ4v) is 1.66. The summed E-state index contributed by atoms with van der Waals surface area (Å²) in [5, 5.41) is 3.19. The van der Waals surface area contributed by atoms with Crippen molar-refractivity contribution in [1.29, 1.82) is 0 Å². The number of halogens is 1. The van der Waals surface area contributed by atoms with Gasteiger partial charge in [-0.05, 0) is 42.0 Å². The van der Waals surface area contributed by atoms with Gasteiger partial charge < -0.3 is 5.73 Å². The van der Waals surface area contributed by atoms with Gasteiger partial charge in [-0.15, -0.1) is 0 Å². The monoisotopic (exact) mass is 231 g/mol. The molecule has 2 aromatic rings. The van der Waals surface area contributed by atoms with Crippen molar-refractivity contribution in [3.8, 4) is 0 Å². The molecular weight excluding hydrogens is 217 g/mol. The molecule has 88 valence electrons. The van der Waals surface area contributed by atoms with E-state index in [1.165, 1.54) is 17.1 Å². The third kappa shape index (κ3) is 2.54. The number of benzene rings is 2. The Morgan fingerprint density at radius 3 is 2.59 bits per heavy atom. The number of nitrogens with zero attached hydrogens (tertiary/aromatic N) is 1. The predicted octanol–water partition coefficient (Wildman–Crippen LogP) is 2.48. The molecule has 3 nitrogen and oxygen atoms in total. The van der Waals surface area contributed by atoms with Gasteiger partial charge in [-0.3, -0.25) is 5.01 Å². The molecule has 0 bridgehead atoms. The molecule has 17 heavy (non-hydrogen) atoms. The molecule has 0 saturated heterocycles. The molecule has 4 heteroatoms. The first-order valence-corrected chi connectivity index (χ1v) is 5.23. The highest BCUT2D eigenvalue weighted by Gasteiger charge is 2.01. The molecule has 0 aliphatic rings. The number of anilines is 1. The van der Waals surface area contributed by atoms with E-state index in [0.717, 1.165) is 16.5 Å². The lowest BCUT2D eigenvalue weighted by Gasteiger charge is -2.15. The van der Waals surface area contributed by atoms with E-state index in [4.69, 9.17) is 11.6 Å². The third-order valence-corrected chi connectivity index (χ3v) is 2.43. The molecule has 2 rings (SSSR count). The van der Waals surface area contributed by atoms with Crippen molar-refractivity contribution >= 4 is 16.5 Å². The van der Waals surface area contributed by atoms with E-state index >= 15 is 0 Å². The Morgan fingerprint density at radius 1 is 1.18 bits per heavy atom. The Balaban J connectivity index is 2.46. The van der Waals surface area contributed by atoms with Crippen molar-refractivity contribution in [3.05, 3.63) is 54.1 Å². The number of hydrogen-bond acceptors (Lipinski definition) is 3. The van der Waals surface area contributed by atoms with Crippen LogP contribution in [0, 0.1) is 5.82 Å². The van der Waals surface area contributed by atoms with E-state index in [9.17, 15) is 4.39 Å². The lowest BCUT2D eigenvalue weighted by Crippen LogP contribution is -2.25. The maximum atomic E-state index is 13.1. The standard InChI is InChI=1S/C13H14FN3/c1-9(15)8-17(16)13-5-3-10-2-4-12(14)6-11(10)7-13/h2-8H,15-16H2,1H3/b9-8-. The largest absolute Gasteiger partial charge is 0.401 e. The van der Waals surface area contributed by atoms with Gasteiger partial charge in [0.25, 0.3) is 0 Å². The second kappa shape index (κ2) is 4.43. The second-order valence-electron chi connectivity index (χ2n) is 3.96. The topological polar surface area (TPSA) is 55.3 Å². The minimum Gasteiger partial charge on any atom is -0.401 e. The van der Waals surface area contributed by atoms with Gasteiger partial charge in [-0.1, -0.05) is 12.1 Å². The van der Waals surface area contributed by atoms with Gasteiger partial charge in [0.15, 0.2) is 0 Å². The SMILES string of the molecule is C/C(N)=C/N(N)c1ccc2ccc(F)cc2c1. The van der Waals surface area contributed by atoms with Crippen LogP contribution in [-0.2, 0) is 0 Å². The Hall–Kier alpha value is -2.07. The van der Waals surface area contributed by atoms with E-state index in [0.29, 0.717) is 5.70 Å². The van der Waals surface area contributed by atoms with Crippen LogP contribution in [0.1, 0.15) is 6.92 Å². The van der Waals surface area contributed by atoms with Crippen molar-refractivity contribution in [1.82, 2.24) is 0 Å². The molecule has 0 saturated carbocycles. The Morgan fingerprint density at radius 2 is 1.88 bits per heavy atom. The van der Waals surface area contributed by atoms with E-state index in [1.807, 2.05) is 18.2 Å². The minimum atomic E-state index is -0.260. The van der Waals surface area contributed by atoms with Crippen LogP contribution in [0.2, 0.25) is 0 Å². The van der Waals surface area contributed by atoms with E-state index in [1.54, 1.807) is 19.2 Å². The first-order chi connectivity index (χ1) is 8.06.